The lowest BCUT2D eigenvalue weighted by atomic mass is 9.54. The van der Waals surface area contributed by atoms with Crippen molar-refractivity contribution in [2.75, 3.05) is 13.1 Å². The van der Waals surface area contributed by atoms with Gasteiger partial charge in [0.25, 0.3) is 0 Å². The first-order valence-corrected chi connectivity index (χ1v) is 8.70. The van der Waals surface area contributed by atoms with E-state index in [4.69, 9.17) is 0 Å². The van der Waals surface area contributed by atoms with E-state index in [1.807, 2.05) is 49.1 Å². The van der Waals surface area contributed by atoms with Gasteiger partial charge in [0.05, 0.1) is 11.7 Å². The molecule has 1 heterocycles. The topological polar surface area (TPSA) is 57.6 Å². The summed E-state index contributed by atoms with van der Waals surface area (Å²) >= 11 is 0. The summed E-state index contributed by atoms with van der Waals surface area (Å²) in [5, 5.41) is 9.66. The normalized spacial score (nSPS) is 39.6. The number of Topliss-reactive ketones (excluding diaryl/α,β-unsaturated/α-hetero) is 1. The van der Waals surface area contributed by atoms with Crippen LogP contribution in [-0.2, 0) is 15.0 Å². The zero-order valence-corrected chi connectivity index (χ0v) is 14.2. The Balaban J connectivity index is 1.98. The average molecular weight is 325 g/mol. The molecule has 4 rings (SSSR count). The molecule has 1 aromatic carbocycles. The second-order valence-corrected chi connectivity index (χ2v) is 7.66. The number of benzene rings is 1. The molecule has 1 spiro atoms. The third-order valence-corrected chi connectivity index (χ3v) is 6.92. The fourth-order valence-corrected chi connectivity index (χ4v) is 5.55. The molecule has 4 nitrogen and oxygen atoms in total. The Kier molecular flexibility index (Phi) is 3.03. The van der Waals surface area contributed by atoms with Crippen LogP contribution < -0.4 is 0 Å². The number of rotatable bonds is 2. The van der Waals surface area contributed by atoms with E-state index >= 15 is 0 Å². The van der Waals surface area contributed by atoms with Crippen molar-refractivity contribution < 1.29 is 14.7 Å². The molecule has 3 atom stereocenters. The molecule has 3 fully saturated rings. The molecule has 1 saturated heterocycles. The Hall–Kier alpha value is -2.10. The number of aliphatic hydroxyl groups is 1. The molecule has 4 heteroatoms. The predicted octanol–water partition coefficient (Wildman–Crippen LogP) is 2.99. The van der Waals surface area contributed by atoms with Gasteiger partial charge in [0.1, 0.15) is 0 Å². The van der Waals surface area contributed by atoms with E-state index in [1.165, 1.54) is 0 Å². The number of nitrogens with zero attached hydrogens (tertiary/aromatic N) is 1. The molecule has 24 heavy (non-hydrogen) atoms. The van der Waals surface area contributed by atoms with Crippen LogP contribution in [0.3, 0.4) is 0 Å². The maximum atomic E-state index is 13.6. The summed E-state index contributed by atoms with van der Waals surface area (Å²) in [6, 6.07) is 9.86. The highest BCUT2D eigenvalue weighted by atomic mass is 16.2. The van der Waals surface area contributed by atoms with Crippen LogP contribution in [0.25, 0.3) is 0 Å². The Labute approximate surface area is 142 Å². The number of amides is 1. The molecule has 1 amide bonds. The van der Waals surface area contributed by atoms with Crippen LogP contribution >= 0.6 is 0 Å². The smallest absolute Gasteiger partial charge is 0.234 e. The molecular weight excluding hydrogens is 302 g/mol. The van der Waals surface area contributed by atoms with Crippen LogP contribution in [0.1, 0.15) is 38.7 Å². The third kappa shape index (κ3) is 1.50. The van der Waals surface area contributed by atoms with Gasteiger partial charge in [0.2, 0.25) is 5.91 Å². The molecule has 126 valence electrons. The van der Waals surface area contributed by atoms with E-state index in [1.54, 1.807) is 0 Å². The third-order valence-electron chi connectivity index (χ3n) is 6.92. The van der Waals surface area contributed by atoms with Gasteiger partial charge in [-0.2, -0.15) is 0 Å². The Morgan fingerprint density at radius 2 is 1.96 bits per heavy atom. The second-order valence-electron chi connectivity index (χ2n) is 7.66. The van der Waals surface area contributed by atoms with Crippen molar-refractivity contribution in [2.24, 2.45) is 10.8 Å². The molecule has 1 N–H and O–H groups in total. The zero-order valence-electron chi connectivity index (χ0n) is 14.2. The van der Waals surface area contributed by atoms with Gasteiger partial charge in [-0.3, -0.25) is 9.59 Å². The lowest BCUT2D eigenvalue weighted by molar-refractivity contribution is -0.149. The highest BCUT2D eigenvalue weighted by Gasteiger charge is 2.82. The predicted molar refractivity (Wildman–Crippen MR) is 90.5 cm³/mol. The largest absolute Gasteiger partial charge is 0.515 e. The van der Waals surface area contributed by atoms with Gasteiger partial charge in [0, 0.05) is 29.5 Å². The fraction of sp³-hybridized carbons (Fsp3) is 0.500. The molecule has 1 aromatic rings. The van der Waals surface area contributed by atoms with Crippen LogP contribution in [0.4, 0.5) is 0 Å². The zero-order chi connectivity index (χ0) is 17.2. The summed E-state index contributed by atoms with van der Waals surface area (Å²) in [5.74, 6) is 0.132. The number of piperidine rings is 1. The molecule has 0 aromatic heterocycles. The number of hydrogen-bond acceptors (Lipinski definition) is 3. The first-order chi connectivity index (χ1) is 11.5. The monoisotopic (exact) mass is 325 g/mol. The van der Waals surface area contributed by atoms with Gasteiger partial charge in [-0.25, -0.2) is 0 Å². The number of carbonyl (C=O) groups is 2. The van der Waals surface area contributed by atoms with Crippen molar-refractivity contribution >= 4 is 11.7 Å². The number of aliphatic hydroxyl groups excluding tert-OH is 1. The number of allylic oxidation sites excluding steroid dienone is 1. The molecule has 3 aliphatic rings. The first-order valence-electron chi connectivity index (χ1n) is 8.70. The first kappa shape index (κ1) is 15.4. The number of carbonyl (C=O) groups excluding carboxylic acids is 2. The maximum absolute atomic E-state index is 13.6. The number of ketones is 1. The summed E-state index contributed by atoms with van der Waals surface area (Å²) in [4.78, 5) is 28.3. The van der Waals surface area contributed by atoms with Crippen molar-refractivity contribution in [2.45, 2.75) is 38.5 Å². The summed E-state index contributed by atoms with van der Waals surface area (Å²) in [6.45, 7) is 5.36. The van der Waals surface area contributed by atoms with Crippen molar-refractivity contribution in [3.05, 3.63) is 47.7 Å². The summed E-state index contributed by atoms with van der Waals surface area (Å²) in [6.07, 6.45) is 2.81. The van der Waals surface area contributed by atoms with Gasteiger partial charge in [-0.1, -0.05) is 37.3 Å². The highest BCUT2D eigenvalue weighted by molar-refractivity contribution is 6.08. The van der Waals surface area contributed by atoms with E-state index in [2.05, 4.69) is 0 Å². The van der Waals surface area contributed by atoms with Crippen molar-refractivity contribution in [1.82, 2.24) is 4.90 Å². The number of likely N-dealkylation sites (N-methyl/N-ethyl adjacent to an activating group) is 1. The van der Waals surface area contributed by atoms with E-state index < -0.39 is 10.8 Å². The molecule has 2 saturated carbocycles. The van der Waals surface area contributed by atoms with Crippen LogP contribution in [0.5, 0.6) is 0 Å². The van der Waals surface area contributed by atoms with Crippen molar-refractivity contribution in [1.29, 1.82) is 0 Å². The minimum absolute atomic E-state index is 0.0225. The molecule has 1 aliphatic heterocycles. The summed E-state index contributed by atoms with van der Waals surface area (Å²) in [5.41, 5.74) is -0.219. The highest BCUT2D eigenvalue weighted by Crippen LogP contribution is 2.79. The molecular formula is C20H23NO3. The lowest BCUT2D eigenvalue weighted by Gasteiger charge is -2.52. The van der Waals surface area contributed by atoms with E-state index in [0.29, 0.717) is 25.1 Å². The van der Waals surface area contributed by atoms with Gasteiger partial charge in [-0.15, -0.1) is 0 Å². The number of hydrogen-bond donors (Lipinski definition) is 1. The summed E-state index contributed by atoms with van der Waals surface area (Å²) < 4.78 is 0. The van der Waals surface area contributed by atoms with Gasteiger partial charge in [-0.05, 0) is 31.7 Å². The molecule has 0 bridgehead atoms. The SMILES string of the molecule is CCN1CCC23C[C@@]2(C)C(=O)/C(=C\O)C[C@]3(c2ccccc2)C1=O. The molecule has 0 radical (unpaired) electrons. The molecule has 2 aliphatic carbocycles. The minimum Gasteiger partial charge on any atom is -0.515 e. The number of likely N-dealkylation sites (tertiary alicyclic amines) is 1. The lowest BCUT2D eigenvalue weighted by Crippen LogP contribution is -2.61. The maximum Gasteiger partial charge on any atom is 0.234 e. The van der Waals surface area contributed by atoms with Gasteiger partial charge in [0.15, 0.2) is 5.78 Å². The fourth-order valence-electron chi connectivity index (χ4n) is 5.55. The van der Waals surface area contributed by atoms with Crippen molar-refractivity contribution in [3.8, 4) is 0 Å². The van der Waals surface area contributed by atoms with Crippen LogP contribution in [-0.4, -0.2) is 34.8 Å². The van der Waals surface area contributed by atoms with Gasteiger partial charge < -0.3 is 10.0 Å². The Morgan fingerprint density at radius 3 is 2.58 bits per heavy atom. The Morgan fingerprint density at radius 1 is 1.25 bits per heavy atom. The Bertz CT molecular complexity index is 755. The minimum atomic E-state index is -0.736. The van der Waals surface area contributed by atoms with E-state index in [-0.39, 0.29) is 17.1 Å². The average Bonchev–Trinajstić information content (AvgIpc) is 3.24. The van der Waals surface area contributed by atoms with Crippen LogP contribution in [0.15, 0.2) is 42.2 Å². The second kappa shape index (κ2) is 4.71. The quantitative estimate of drug-likeness (QED) is 0.672. The van der Waals surface area contributed by atoms with Crippen LogP contribution in [0, 0.1) is 10.8 Å². The van der Waals surface area contributed by atoms with Crippen LogP contribution in [0.2, 0.25) is 0 Å². The van der Waals surface area contributed by atoms with Crippen molar-refractivity contribution in [3.63, 3.8) is 0 Å². The van der Waals surface area contributed by atoms with E-state index in [9.17, 15) is 14.7 Å². The van der Waals surface area contributed by atoms with Gasteiger partial charge >= 0.3 is 0 Å². The standard InChI is InChI=1S/C20H23NO3/c1-3-21-10-9-19-13-18(19,2)16(23)14(12-22)11-20(19,17(21)24)15-7-5-4-6-8-15/h4-8,12,22H,3,9-11,13H2,1-2H3/b14-12-/t18-,19?,20-/m0/s1. The summed E-state index contributed by atoms with van der Waals surface area (Å²) in [7, 11) is 0. The molecule has 1 unspecified atom stereocenters. The van der Waals surface area contributed by atoms with E-state index in [0.717, 1.165) is 24.7 Å².